The van der Waals surface area contributed by atoms with Gasteiger partial charge >= 0.3 is 0 Å². The molecule has 1 saturated carbocycles. The van der Waals surface area contributed by atoms with Crippen LogP contribution < -0.4 is 0 Å². The summed E-state index contributed by atoms with van der Waals surface area (Å²) in [6.45, 7) is 4.77. The van der Waals surface area contributed by atoms with E-state index in [-0.39, 0.29) is 11.2 Å². The van der Waals surface area contributed by atoms with Crippen LogP contribution in [0.1, 0.15) is 25.7 Å². The van der Waals surface area contributed by atoms with Gasteiger partial charge in [0.05, 0.1) is 6.61 Å². The van der Waals surface area contributed by atoms with Gasteiger partial charge in [-0.2, -0.15) is 0 Å². The lowest BCUT2D eigenvalue weighted by molar-refractivity contribution is 0.222. The minimum atomic E-state index is 0.00637. The Morgan fingerprint density at radius 2 is 2.08 bits per heavy atom. The molecule has 3 atom stereocenters. The molecule has 0 N–H and O–H groups in total. The Morgan fingerprint density at radius 3 is 2.75 bits per heavy atom. The van der Waals surface area contributed by atoms with Crippen molar-refractivity contribution in [3.05, 3.63) is 12.7 Å². The van der Waals surface area contributed by atoms with Gasteiger partial charge in [0.15, 0.2) is 0 Å². The fourth-order valence-electron chi connectivity index (χ4n) is 2.73. The van der Waals surface area contributed by atoms with Gasteiger partial charge in [0.25, 0.3) is 0 Å². The maximum atomic E-state index is 5.88. The zero-order valence-corrected chi connectivity index (χ0v) is 7.21. The van der Waals surface area contributed by atoms with E-state index in [0.29, 0.717) is 6.10 Å². The van der Waals surface area contributed by atoms with E-state index < -0.39 is 0 Å². The third kappa shape index (κ3) is 0.639. The molecule has 0 aromatic rings. The fraction of sp³-hybridized carbons (Fsp3) is 0.800. The van der Waals surface area contributed by atoms with Crippen molar-refractivity contribution in [3.8, 4) is 0 Å². The fourth-order valence-corrected chi connectivity index (χ4v) is 2.73. The van der Waals surface area contributed by atoms with Crippen LogP contribution in [0.5, 0.6) is 0 Å². The molecule has 0 amide bonds. The van der Waals surface area contributed by atoms with Gasteiger partial charge in [-0.25, -0.2) is 0 Å². The molecule has 0 spiro atoms. The lowest BCUT2D eigenvalue weighted by Crippen LogP contribution is -2.33. The van der Waals surface area contributed by atoms with Crippen molar-refractivity contribution in [2.24, 2.45) is 0 Å². The molecule has 3 rings (SSSR count). The van der Waals surface area contributed by atoms with Gasteiger partial charge in [-0.15, -0.1) is 6.58 Å². The first-order valence-electron chi connectivity index (χ1n) is 4.78. The molecule has 2 saturated heterocycles. The van der Waals surface area contributed by atoms with Gasteiger partial charge in [0.1, 0.15) is 17.3 Å². The van der Waals surface area contributed by atoms with Crippen LogP contribution in [-0.2, 0) is 9.47 Å². The predicted octanol–water partition coefficient (Wildman–Crippen LogP) is 1.65. The second kappa shape index (κ2) is 1.94. The minimum absolute atomic E-state index is 0.00637. The molecule has 2 nitrogen and oxygen atoms in total. The summed E-state index contributed by atoms with van der Waals surface area (Å²) in [5.74, 6) is 0. The maximum absolute atomic E-state index is 5.88. The van der Waals surface area contributed by atoms with E-state index in [0.717, 1.165) is 13.0 Å². The average molecular weight is 166 g/mol. The highest BCUT2D eigenvalue weighted by molar-refractivity contribution is 5.30. The SMILES string of the molecule is C=CC12CCCCC1(C1CO1)O2. The van der Waals surface area contributed by atoms with E-state index in [1.165, 1.54) is 19.3 Å². The van der Waals surface area contributed by atoms with E-state index in [1.807, 2.05) is 6.08 Å². The zero-order valence-electron chi connectivity index (χ0n) is 7.21. The first-order chi connectivity index (χ1) is 5.83. The Labute approximate surface area is 72.5 Å². The minimum Gasteiger partial charge on any atom is -0.370 e. The predicted molar refractivity (Wildman–Crippen MR) is 45.0 cm³/mol. The summed E-state index contributed by atoms with van der Waals surface area (Å²) < 4.78 is 11.2. The first-order valence-corrected chi connectivity index (χ1v) is 4.78. The number of hydrogen-bond acceptors (Lipinski definition) is 2. The van der Waals surface area contributed by atoms with E-state index in [1.54, 1.807) is 0 Å². The van der Waals surface area contributed by atoms with E-state index >= 15 is 0 Å². The Morgan fingerprint density at radius 1 is 1.33 bits per heavy atom. The molecule has 0 aromatic carbocycles. The molecule has 66 valence electrons. The van der Waals surface area contributed by atoms with Crippen LogP contribution in [0.2, 0.25) is 0 Å². The van der Waals surface area contributed by atoms with Crippen LogP contribution in [-0.4, -0.2) is 23.9 Å². The molecule has 0 bridgehead atoms. The van der Waals surface area contributed by atoms with E-state index in [9.17, 15) is 0 Å². The third-order valence-electron chi connectivity index (χ3n) is 3.57. The zero-order chi connectivity index (χ0) is 8.23. The smallest absolute Gasteiger partial charge is 0.130 e. The lowest BCUT2D eigenvalue weighted by atomic mass is 9.78. The van der Waals surface area contributed by atoms with Crippen molar-refractivity contribution in [2.45, 2.75) is 43.0 Å². The molecule has 3 aliphatic rings. The molecule has 2 heterocycles. The van der Waals surface area contributed by atoms with Crippen molar-refractivity contribution in [1.82, 2.24) is 0 Å². The largest absolute Gasteiger partial charge is 0.370 e. The van der Waals surface area contributed by atoms with E-state index in [4.69, 9.17) is 9.47 Å². The van der Waals surface area contributed by atoms with Crippen LogP contribution >= 0.6 is 0 Å². The summed E-state index contributed by atoms with van der Waals surface area (Å²) in [7, 11) is 0. The number of rotatable bonds is 2. The van der Waals surface area contributed by atoms with Crippen molar-refractivity contribution >= 4 is 0 Å². The number of epoxide rings is 2. The molecule has 12 heavy (non-hydrogen) atoms. The topological polar surface area (TPSA) is 25.1 Å². The highest BCUT2D eigenvalue weighted by Gasteiger charge is 2.75. The summed E-state index contributed by atoms with van der Waals surface area (Å²) in [6.07, 6.45) is 7.26. The monoisotopic (exact) mass is 166 g/mol. The molecular weight excluding hydrogens is 152 g/mol. The van der Waals surface area contributed by atoms with Crippen molar-refractivity contribution < 1.29 is 9.47 Å². The van der Waals surface area contributed by atoms with Crippen molar-refractivity contribution in [1.29, 1.82) is 0 Å². The van der Waals surface area contributed by atoms with Crippen LogP contribution in [0.15, 0.2) is 12.7 Å². The van der Waals surface area contributed by atoms with Crippen LogP contribution in [0.3, 0.4) is 0 Å². The van der Waals surface area contributed by atoms with Crippen molar-refractivity contribution in [3.63, 3.8) is 0 Å². The molecule has 2 heteroatoms. The number of fused-ring (bicyclic) bond motifs is 1. The molecule has 0 radical (unpaired) electrons. The quantitative estimate of drug-likeness (QED) is 0.460. The Hall–Kier alpha value is -0.340. The molecule has 3 unspecified atom stereocenters. The normalized spacial score (nSPS) is 55.8. The summed E-state index contributed by atoms with van der Waals surface area (Å²) >= 11 is 0. The second-order valence-electron chi connectivity index (χ2n) is 4.11. The standard InChI is InChI=1S/C10H14O2/c1-2-9-5-3-4-6-10(9,12-9)8-7-11-8/h2,8H,1,3-7H2. The summed E-state index contributed by atoms with van der Waals surface area (Å²) in [5, 5.41) is 0. The van der Waals surface area contributed by atoms with Gasteiger partial charge in [-0.1, -0.05) is 18.9 Å². The molecule has 0 aromatic heterocycles. The maximum Gasteiger partial charge on any atom is 0.130 e. The molecule has 1 aliphatic carbocycles. The molecule has 2 aliphatic heterocycles. The Balaban J connectivity index is 1.90. The Bertz CT molecular complexity index is 234. The van der Waals surface area contributed by atoms with Gasteiger partial charge in [0, 0.05) is 0 Å². The van der Waals surface area contributed by atoms with Crippen LogP contribution in [0, 0.1) is 0 Å². The van der Waals surface area contributed by atoms with Gasteiger partial charge in [-0.3, -0.25) is 0 Å². The molecule has 3 fully saturated rings. The Kier molecular flexibility index (Phi) is 1.15. The second-order valence-corrected chi connectivity index (χ2v) is 4.11. The summed E-state index contributed by atoms with van der Waals surface area (Å²) in [5.41, 5.74) is 0.0689. The van der Waals surface area contributed by atoms with Crippen LogP contribution in [0.4, 0.5) is 0 Å². The van der Waals surface area contributed by atoms with E-state index in [2.05, 4.69) is 6.58 Å². The number of hydrogen-bond donors (Lipinski definition) is 0. The van der Waals surface area contributed by atoms with Gasteiger partial charge in [-0.05, 0) is 12.8 Å². The van der Waals surface area contributed by atoms with Gasteiger partial charge < -0.3 is 9.47 Å². The summed E-state index contributed by atoms with van der Waals surface area (Å²) in [4.78, 5) is 0. The highest BCUT2D eigenvalue weighted by atomic mass is 16.7. The number of ether oxygens (including phenoxy) is 2. The average Bonchev–Trinajstić information content (AvgIpc) is 2.98. The van der Waals surface area contributed by atoms with Crippen molar-refractivity contribution in [2.75, 3.05) is 6.61 Å². The van der Waals surface area contributed by atoms with Gasteiger partial charge in [0.2, 0.25) is 0 Å². The highest BCUT2D eigenvalue weighted by Crippen LogP contribution is 2.62. The van der Waals surface area contributed by atoms with Crippen LogP contribution in [0.25, 0.3) is 0 Å². The third-order valence-corrected chi connectivity index (χ3v) is 3.57. The molecular formula is C10H14O2. The first kappa shape index (κ1) is 7.10. The lowest BCUT2D eigenvalue weighted by Gasteiger charge is -2.20. The summed E-state index contributed by atoms with van der Waals surface area (Å²) in [6, 6.07) is 0.